The molecule has 1 heterocycles. The Bertz CT molecular complexity index is 235. The standard InChI is InChI=1S/C14H25NO/c1-12(2)6-8-15-13(3)11-14-5-4-9-16-10-7-14/h6,8,12,14H,4-5,7,9-11H2,1-3H3/b8-6-,15-13+. The van der Waals surface area contributed by atoms with Crippen molar-refractivity contribution in [3.05, 3.63) is 12.3 Å². The van der Waals surface area contributed by atoms with E-state index in [0.29, 0.717) is 5.92 Å². The molecule has 1 aliphatic heterocycles. The van der Waals surface area contributed by atoms with Gasteiger partial charge in [-0.3, -0.25) is 4.99 Å². The molecule has 0 bridgehead atoms. The first-order valence-corrected chi connectivity index (χ1v) is 6.46. The summed E-state index contributed by atoms with van der Waals surface area (Å²) < 4.78 is 5.47. The number of rotatable bonds is 4. The summed E-state index contributed by atoms with van der Waals surface area (Å²) in [5.74, 6) is 1.36. The summed E-state index contributed by atoms with van der Waals surface area (Å²) in [6.07, 6.45) is 8.92. The zero-order valence-corrected chi connectivity index (χ0v) is 10.9. The summed E-state index contributed by atoms with van der Waals surface area (Å²) in [6, 6.07) is 0. The van der Waals surface area contributed by atoms with Gasteiger partial charge in [0.15, 0.2) is 0 Å². The quantitative estimate of drug-likeness (QED) is 0.664. The van der Waals surface area contributed by atoms with Gasteiger partial charge in [-0.05, 0) is 44.4 Å². The fourth-order valence-corrected chi connectivity index (χ4v) is 1.99. The fourth-order valence-electron chi connectivity index (χ4n) is 1.99. The lowest BCUT2D eigenvalue weighted by Crippen LogP contribution is -2.06. The van der Waals surface area contributed by atoms with Crippen molar-refractivity contribution in [2.24, 2.45) is 16.8 Å². The largest absolute Gasteiger partial charge is 0.381 e. The van der Waals surface area contributed by atoms with Crippen molar-refractivity contribution in [2.75, 3.05) is 13.2 Å². The number of allylic oxidation sites excluding steroid dienone is 1. The fraction of sp³-hybridized carbons (Fsp3) is 0.786. The van der Waals surface area contributed by atoms with Crippen molar-refractivity contribution in [3.63, 3.8) is 0 Å². The van der Waals surface area contributed by atoms with E-state index in [2.05, 4.69) is 31.8 Å². The van der Waals surface area contributed by atoms with E-state index in [1.165, 1.54) is 25.0 Å². The van der Waals surface area contributed by atoms with E-state index in [9.17, 15) is 0 Å². The second kappa shape index (κ2) is 7.61. The van der Waals surface area contributed by atoms with Crippen molar-refractivity contribution in [1.82, 2.24) is 0 Å². The number of nitrogens with zero attached hydrogens (tertiary/aromatic N) is 1. The van der Waals surface area contributed by atoms with Gasteiger partial charge in [-0.2, -0.15) is 0 Å². The molecular formula is C14H25NO. The Morgan fingerprint density at radius 2 is 2.19 bits per heavy atom. The Kier molecular flexibility index (Phi) is 6.39. The van der Waals surface area contributed by atoms with Crippen molar-refractivity contribution in [2.45, 2.75) is 46.5 Å². The summed E-state index contributed by atoms with van der Waals surface area (Å²) in [5.41, 5.74) is 1.25. The summed E-state index contributed by atoms with van der Waals surface area (Å²) in [7, 11) is 0. The zero-order valence-electron chi connectivity index (χ0n) is 10.9. The molecule has 0 radical (unpaired) electrons. The van der Waals surface area contributed by atoms with Crippen molar-refractivity contribution >= 4 is 5.71 Å². The Morgan fingerprint density at radius 1 is 1.38 bits per heavy atom. The van der Waals surface area contributed by atoms with Gasteiger partial charge in [-0.15, -0.1) is 0 Å². The van der Waals surface area contributed by atoms with Gasteiger partial charge in [0.2, 0.25) is 0 Å². The number of hydrogen-bond donors (Lipinski definition) is 0. The van der Waals surface area contributed by atoms with Crippen LogP contribution in [0, 0.1) is 11.8 Å². The third-order valence-corrected chi connectivity index (χ3v) is 2.92. The maximum Gasteiger partial charge on any atom is 0.0468 e. The van der Waals surface area contributed by atoms with Gasteiger partial charge in [0.05, 0.1) is 0 Å². The highest BCUT2D eigenvalue weighted by Crippen LogP contribution is 2.19. The van der Waals surface area contributed by atoms with Crippen LogP contribution in [0.15, 0.2) is 17.3 Å². The molecule has 1 saturated heterocycles. The first-order chi connectivity index (χ1) is 7.68. The first-order valence-electron chi connectivity index (χ1n) is 6.46. The third-order valence-electron chi connectivity index (χ3n) is 2.92. The van der Waals surface area contributed by atoms with Gasteiger partial charge in [-0.1, -0.05) is 19.9 Å². The smallest absolute Gasteiger partial charge is 0.0468 e. The van der Waals surface area contributed by atoms with E-state index in [-0.39, 0.29) is 0 Å². The van der Waals surface area contributed by atoms with Gasteiger partial charge >= 0.3 is 0 Å². The van der Waals surface area contributed by atoms with Crippen LogP contribution in [0.2, 0.25) is 0 Å². The highest BCUT2D eigenvalue weighted by molar-refractivity contribution is 5.82. The van der Waals surface area contributed by atoms with Gasteiger partial charge in [-0.25, -0.2) is 0 Å². The van der Waals surface area contributed by atoms with Crippen LogP contribution in [0.25, 0.3) is 0 Å². The molecule has 0 aromatic heterocycles. The lowest BCUT2D eigenvalue weighted by Gasteiger charge is -2.12. The van der Waals surface area contributed by atoms with Crippen LogP contribution in [-0.2, 0) is 4.74 Å². The molecule has 0 N–H and O–H groups in total. The lowest BCUT2D eigenvalue weighted by atomic mass is 9.95. The summed E-state index contributed by atoms with van der Waals surface area (Å²) in [6.45, 7) is 8.35. The second-order valence-electron chi connectivity index (χ2n) is 5.06. The Labute approximate surface area is 99.8 Å². The maximum atomic E-state index is 5.47. The van der Waals surface area contributed by atoms with Crippen molar-refractivity contribution < 1.29 is 4.74 Å². The van der Waals surface area contributed by atoms with E-state index in [4.69, 9.17) is 4.74 Å². The molecule has 2 nitrogen and oxygen atoms in total. The normalized spacial score (nSPS) is 24.0. The molecule has 16 heavy (non-hydrogen) atoms. The van der Waals surface area contributed by atoms with Crippen LogP contribution in [0.4, 0.5) is 0 Å². The molecule has 1 atom stereocenters. The van der Waals surface area contributed by atoms with Gasteiger partial charge in [0.25, 0.3) is 0 Å². The summed E-state index contributed by atoms with van der Waals surface area (Å²) >= 11 is 0. The van der Waals surface area contributed by atoms with E-state index in [0.717, 1.165) is 25.6 Å². The van der Waals surface area contributed by atoms with E-state index in [1.807, 2.05) is 6.20 Å². The van der Waals surface area contributed by atoms with Crippen molar-refractivity contribution in [1.29, 1.82) is 0 Å². The predicted molar refractivity (Wildman–Crippen MR) is 69.9 cm³/mol. The molecule has 2 heteroatoms. The SMILES string of the molecule is C/C(CC1CCCOCC1)=N\C=C/C(C)C. The molecule has 0 amide bonds. The van der Waals surface area contributed by atoms with Crippen LogP contribution >= 0.6 is 0 Å². The second-order valence-corrected chi connectivity index (χ2v) is 5.06. The predicted octanol–water partition coefficient (Wildman–Crippen LogP) is 3.82. The molecule has 1 unspecified atom stereocenters. The first kappa shape index (κ1) is 13.4. The molecule has 1 aliphatic rings. The minimum absolute atomic E-state index is 0.586. The van der Waals surface area contributed by atoms with Crippen LogP contribution in [0.1, 0.15) is 46.5 Å². The van der Waals surface area contributed by atoms with Gasteiger partial charge < -0.3 is 4.74 Å². The minimum atomic E-state index is 0.586. The molecule has 0 aromatic rings. The average Bonchev–Trinajstić information content (AvgIpc) is 2.45. The number of ether oxygens (including phenoxy) is 1. The lowest BCUT2D eigenvalue weighted by molar-refractivity contribution is 0.142. The molecule has 0 saturated carbocycles. The number of aliphatic imine (C=N–C) groups is 1. The molecule has 0 spiro atoms. The highest BCUT2D eigenvalue weighted by Gasteiger charge is 2.12. The van der Waals surface area contributed by atoms with E-state index in [1.54, 1.807) is 0 Å². The minimum Gasteiger partial charge on any atom is -0.381 e. The topological polar surface area (TPSA) is 21.6 Å². The summed E-state index contributed by atoms with van der Waals surface area (Å²) in [5, 5.41) is 0. The highest BCUT2D eigenvalue weighted by atomic mass is 16.5. The van der Waals surface area contributed by atoms with Crippen molar-refractivity contribution in [3.8, 4) is 0 Å². The van der Waals surface area contributed by atoms with Gasteiger partial charge in [0.1, 0.15) is 0 Å². The molecule has 1 fully saturated rings. The monoisotopic (exact) mass is 223 g/mol. The Balaban J connectivity index is 2.33. The molecule has 92 valence electrons. The number of hydrogen-bond acceptors (Lipinski definition) is 2. The van der Waals surface area contributed by atoms with Gasteiger partial charge in [0, 0.05) is 25.1 Å². The van der Waals surface area contributed by atoms with E-state index < -0.39 is 0 Å². The molecule has 0 aliphatic carbocycles. The van der Waals surface area contributed by atoms with Crippen LogP contribution in [0.3, 0.4) is 0 Å². The van der Waals surface area contributed by atoms with Crippen LogP contribution in [0.5, 0.6) is 0 Å². The maximum absolute atomic E-state index is 5.47. The Morgan fingerprint density at radius 3 is 2.94 bits per heavy atom. The third kappa shape index (κ3) is 6.06. The van der Waals surface area contributed by atoms with Crippen LogP contribution in [-0.4, -0.2) is 18.9 Å². The molecule has 0 aromatic carbocycles. The Hall–Kier alpha value is -0.630. The average molecular weight is 223 g/mol. The van der Waals surface area contributed by atoms with E-state index >= 15 is 0 Å². The molecule has 1 rings (SSSR count). The molecular weight excluding hydrogens is 198 g/mol. The van der Waals surface area contributed by atoms with Crippen LogP contribution < -0.4 is 0 Å². The zero-order chi connectivity index (χ0) is 11.8. The summed E-state index contributed by atoms with van der Waals surface area (Å²) in [4.78, 5) is 4.48.